The summed E-state index contributed by atoms with van der Waals surface area (Å²) in [5.41, 5.74) is 19.2. The largest absolute Gasteiger partial charge is 0.509 e. The summed E-state index contributed by atoms with van der Waals surface area (Å²) in [5.74, 6) is 1.95. The van der Waals surface area contributed by atoms with E-state index in [0.717, 1.165) is 50.2 Å². The van der Waals surface area contributed by atoms with Crippen molar-refractivity contribution in [1.29, 1.82) is 0 Å². The third-order valence-electron chi connectivity index (χ3n) is 17.7. The number of nitrogens with zero attached hydrogens (tertiary/aromatic N) is 4. The van der Waals surface area contributed by atoms with Gasteiger partial charge in [-0.05, 0) is 108 Å². The molecule has 5 nitrogen and oxygen atoms in total. The molecule has 19 rings (SSSR count). The molecule has 0 saturated heterocycles. The zero-order chi connectivity index (χ0) is 52.6. The smallest absolute Gasteiger partial charge is 0.135 e. The van der Waals surface area contributed by atoms with Crippen LogP contribution in [0.2, 0.25) is 0 Å². The van der Waals surface area contributed by atoms with Crippen LogP contribution >= 0.6 is 0 Å². The third kappa shape index (κ3) is 6.77. The Labute approximate surface area is 481 Å². The molecular weight excluding hydrogens is 1160 g/mol. The Morgan fingerprint density at radius 3 is 1.76 bits per heavy atom. The fraction of sp³-hybridized carbons (Fsp3) is 0.108. The average molecular weight is 1210 g/mol. The first-order chi connectivity index (χ1) is 38.8. The quantitative estimate of drug-likeness (QED) is 0.149. The van der Waals surface area contributed by atoms with Crippen molar-refractivity contribution in [2.24, 2.45) is 0 Å². The second kappa shape index (κ2) is 18.1. The van der Waals surface area contributed by atoms with E-state index in [4.69, 9.17) is 9.72 Å². The van der Waals surface area contributed by atoms with Crippen LogP contribution in [0.25, 0.3) is 38.8 Å². The van der Waals surface area contributed by atoms with E-state index >= 15 is 0 Å². The number of hydrogen-bond donors (Lipinski definition) is 0. The fourth-order valence-electron chi connectivity index (χ4n) is 14.5. The number of ether oxygens (including phenoxy) is 1. The van der Waals surface area contributed by atoms with Crippen molar-refractivity contribution in [2.75, 3.05) is 9.80 Å². The summed E-state index contributed by atoms with van der Waals surface area (Å²) in [7, 11) is 0. The number of fused-ring (bicyclic) bond motifs is 4. The van der Waals surface area contributed by atoms with Crippen molar-refractivity contribution in [3.05, 3.63) is 323 Å². The summed E-state index contributed by atoms with van der Waals surface area (Å²) in [6.45, 7) is 9.07. The fourth-order valence-corrected chi connectivity index (χ4v) is 14.5. The minimum atomic E-state index is -0.756. The Morgan fingerprint density at radius 2 is 1.09 bits per heavy atom. The molecule has 388 valence electrons. The molecule has 7 aliphatic rings. The first kappa shape index (κ1) is 48.4. The van der Waals surface area contributed by atoms with E-state index in [1.807, 2.05) is 18.3 Å². The predicted molar refractivity (Wildman–Crippen MR) is 319 cm³/mol. The molecule has 1 aliphatic heterocycles. The number of benzene rings is 10. The second-order valence-electron chi connectivity index (χ2n) is 22.7. The number of para-hydroxylation sites is 2. The van der Waals surface area contributed by atoms with Crippen LogP contribution in [0.3, 0.4) is 0 Å². The normalized spacial score (nSPS) is 19.1. The van der Waals surface area contributed by atoms with E-state index in [9.17, 15) is 0 Å². The molecule has 80 heavy (non-hydrogen) atoms. The maximum absolute atomic E-state index is 6.92. The zero-order valence-electron chi connectivity index (χ0n) is 44.4. The van der Waals surface area contributed by atoms with Gasteiger partial charge in [-0.1, -0.05) is 208 Å². The van der Waals surface area contributed by atoms with Crippen LogP contribution in [0.4, 0.5) is 17.1 Å². The Morgan fingerprint density at radius 1 is 0.500 bits per heavy atom. The molecule has 2 aromatic heterocycles. The van der Waals surface area contributed by atoms with Crippen molar-refractivity contribution in [3.8, 4) is 28.4 Å². The van der Waals surface area contributed by atoms with Crippen LogP contribution in [0, 0.1) is 18.8 Å². The minimum absolute atomic E-state index is 0. The van der Waals surface area contributed by atoms with Crippen molar-refractivity contribution >= 4 is 38.9 Å². The van der Waals surface area contributed by atoms with Crippen molar-refractivity contribution in [3.63, 3.8) is 0 Å². The summed E-state index contributed by atoms with van der Waals surface area (Å²) in [6.07, 6.45) is 1.92. The molecular formula is C74H53N4OPt-3. The molecule has 6 heteroatoms. The van der Waals surface area contributed by atoms with Crippen LogP contribution < -0.4 is 14.5 Å². The van der Waals surface area contributed by atoms with Gasteiger partial charge in [0.2, 0.25) is 0 Å². The molecule has 3 heterocycles. The van der Waals surface area contributed by atoms with Gasteiger partial charge >= 0.3 is 0 Å². The van der Waals surface area contributed by atoms with Gasteiger partial charge in [-0.15, -0.1) is 41.4 Å². The Hall–Kier alpha value is -8.76. The van der Waals surface area contributed by atoms with Gasteiger partial charge in [0.15, 0.2) is 0 Å². The second-order valence-corrected chi connectivity index (χ2v) is 22.7. The molecule has 10 aromatic carbocycles. The van der Waals surface area contributed by atoms with Gasteiger partial charge < -0.3 is 19.1 Å². The molecule has 0 atom stereocenters. The maximum Gasteiger partial charge on any atom is 0.135 e. The van der Waals surface area contributed by atoms with Crippen LogP contribution in [0.5, 0.6) is 11.5 Å². The summed E-state index contributed by atoms with van der Waals surface area (Å²) in [5, 5.41) is 2.20. The number of anilines is 3. The van der Waals surface area contributed by atoms with Gasteiger partial charge in [0, 0.05) is 67.5 Å². The van der Waals surface area contributed by atoms with Gasteiger partial charge in [-0.3, -0.25) is 0 Å². The molecule has 0 saturated carbocycles. The Balaban J connectivity index is 0.00000552. The van der Waals surface area contributed by atoms with E-state index in [2.05, 4.69) is 284 Å². The van der Waals surface area contributed by atoms with Gasteiger partial charge in [0.05, 0.1) is 11.0 Å². The van der Waals surface area contributed by atoms with Gasteiger partial charge in [0.1, 0.15) is 5.82 Å². The van der Waals surface area contributed by atoms with Gasteiger partial charge in [-0.2, -0.15) is 18.8 Å². The van der Waals surface area contributed by atoms with Gasteiger partial charge in [0.25, 0.3) is 0 Å². The zero-order valence-corrected chi connectivity index (χ0v) is 46.7. The van der Waals surface area contributed by atoms with Crippen LogP contribution in [0.1, 0.15) is 88.2 Å². The molecule has 0 fully saturated rings. The first-order valence-corrected chi connectivity index (χ1v) is 27.5. The maximum atomic E-state index is 6.92. The molecule has 0 spiro atoms. The first-order valence-electron chi connectivity index (χ1n) is 27.5. The summed E-state index contributed by atoms with van der Waals surface area (Å²) in [4.78, 5) is 9.92. The average Bonchev–Trinajstić information content (AvgIpc) is 1.06. The SMILES string of the molecule is CC(C)(C)c1ccnc(-n2c3[c-]c(Oc4[c-]c(N5[CH-]N(C67c8ccccc8C(c8ccccc8)(c8ccccc86)C6c8ccccc8C7c7ccccc76)c6ccccc65)ccc4)ccc3c3cc(-c4ccccc4)ccc32)c1.[Pt]. The minimum Gasteiger partial charge on any atom is -0.509 e. The van der Waals surface area contributed by atoms with Gasteiger partial charge in [-0.25, -0.2) is 4.98 Å². The Kier molecular flexibility index (Phi) is 11.0. The van der Waals surface area contributed by atoms with E-state index in [-0.39, 0.29) is 38.3 Å². The summed E-state index contributed by atoms with van der Waals surface area (Å²) < 4.78 is 9.15. The van der Waals surface area contributed by atoms with E-state index < -0.39 is 11.0 Å². The molecule has 6 aliphatic carbocycles. The Bertz CT molecular complexity index is 4330. The van der Waals surface area contributed by atoms with Crippen molar-refractivity contribution in [2.45, 2.75) is 49.0 Å². The molecule has 0 radical (unpaired) electrons. The van der Waals surface area contributed by atoms with E-state index in [1.165, 1.54) is 61.2 Å². The van der Waals surface area contributed by atoms with Crippen LogP contribution in [-0.4, -0.2) is 9.55 Å². The van der Waals surface area contributed by atoms with Crippen molar-refractivity contribution in [1.82, 2.24) is 9.55 Å². The van der Waals surface area contributed by atoms with Crippen LogP contribution in [0.15, 0.2) is 249 Å². The molecule has 12 aromatic rings. The third-order valence-corrected chi connectivity index (χ3v) is 17.7. The van der Waals surface area contributed by atoms with Crippen LogP contribution in [-0.2, 0) is 37.4 Å². The number of rotatable bonds is 7. The number of pyridine rings is 1. The molecule has 4 bridgehead atoms. The summed E-state index contributed by atoms with van der Waals surface area (Å²) in [6, 6.07) is 97.1. The standard InChI is InChI=1S/C74H53N4O.Pt/c1-72(2,3)51-41-42-75-69(44-51)78-65-40-37-49(48-21-6-4-7-22-48)43-60(65)55-39-38-54(46-68(55)78)79-53-26-20-25-52(45-53)76-47-77(67-36-19-18-35-66(67)76)74-63-33-16-14-31-61(63)73(50-23-8-5-9-24-50,62-32-15-17-34-64(62)74)70-56-27-10-12-29-58(56)71(74)59-30-13-11-28-57(59)70;/h4-44,47,70-71H,1-3H3;/q-3;. The monoisotopic (exact) mass is 1210 g/mol. The van der Waals surface area contributed by atoms with Crippen molar-refractivity contribution < 1.29 is 25.8 Å². The van der Waals surface area contributed by atoms with E-state index in [0.29, 0.717) is 11.5 Å². The summed E-state index contributed by atoms with van der Waals surface area (Å²) >= 11 is 0. The predicted octanol–water partition coefficient (Wildman–Crippen LogP) is 17.5. The topological polar surface area (TPSA) is 33.5 Å². The molecule has 0 unspecified atom stereocenters. The van der Waals surface area contributed by atoms with E-state index in [1.54, 1.807) is 0 Å². The number of hydrogen-bond acceptors (Lipinski definition) is 4. The molecule has 0 amide bonds. The molecule has 0 N–H and O–H groups in total. The number of aromatic nitrogens is 2.